The van der Waals surface area contributed by atoms with Crippen molar-refractivity contribution in [2.75, 3.05) is 11.5 Å². The van der Waals surface area contributed by atoms with Gasteiger partial charge in [0.05, 0.1) is 0 Å². The molecule has 0 bridgehead atoms. The molecule has 0 amide bonds. The molecule has 33 heavy (non-hydrogen) atoms. The third-order valence-corrected chi connectivity index (χ3v) is 5.07. The van der Waals surface area contributed by atoms with Gasteiger partial charge in [-0.3, -0.25) is 0 Å². The van der Waals surface area contributed by atoms with Gasteiger partial charge in [-0.25, -0.2) is 0 Å². The van der Waals surface area contributed by atoms with Gasteiger partial charge in [0, 0.05) is 11.4 Å². The van der Waals surface area contributed by atoms with Gasteiger partial charge in [-0.1, -0.05) is 0 Å². The molecule has 4 N–H and O–H groups in total. The SMILES string of the molecule is Nc1ccc(Oc2ccc(OS(=O)(=O)Oc3ccc(Oc4ccc(N)cc4)cc3)cc2)cc1. The van der Waals surface area contributed by atoms with Crippen molar-refractivity contribution in [3.05, 3.63) is 97.1 Å². The maximum absolute atomic E-state index is 12.3. The summed E-state index contributed by atoms with van der Waals surface area (Å²) in [5, 5.41) is 0. The van der Waals surface area contributed by atoms with E-state index in [0.29, 0.717) is 34.4 Å². The zero-order chi connectivity index (χ0) is 23.3. The van der Waals surface area contributed by atoms with Gasteiger partial charge in [0.1, 0.15) is 34.5 Å². The molecule has 4 aromatic rings. The Morgan fingerprint density at radius 3 is 0.970 bits per heavy atom. The van der Waals surface area contributed by atoms with E-state index in [9.17, 15) is 8.42 Å². The molecule has 0 spiro atoms. The summed E-state index contributed by atoms with van der Waals surface area (Å²) < 4.78 is 45.8. The predicted molar refractivity (Wildman–Crippen MR) is 125 cm³/mol. The Labute approximate surface area is 191 Å². The van der Waals surface area contributed by atoms with Gasteiger partial charge < -0.3 is 29.3 Å². The highest BCUT2D eigenvalue weighted by molar-refractivity contribution is 7.82. The van der Waals surface area contributed by atoms with Gasteiger partial charge in [0.25, 0.3) is 0 Å². The fourth-order valence-corrected chi connectivity index (χ4v) is 3.45. The molecule has 4 aromatic carbocycles. The Kier molecular flexibility index (Phi) is 6.23. The smallest absolute Gasteiger partial charge is 0.457 e. The molecule has 168 valence electrons. The molecule has 0 aliphatic carbocycles. The van der Waals surface area contributed by atoms with Crippen molar-refractivity contribution < 1.29 is 26.3 Å². The first-order valence-electron chi connectivity index (χ1n) is 9.75. The summed E-state index contributed by atoms with van der Waals surface area (Å²) >= 11 is 0. The van der Waals surface area contributed by atoms with Gasteiger partial charge >= 0.3 is 10.4 Å². The average molecular weight is 464 g/mol. The first kappa shape index (κ1) is 21.8. The van der Waals surface area contributed by atoms with Crippen LogP contribution in [0.3, 0.4) is 0 Å². The summed E-state index contributed by atoms with van der Waals surface area (Å²) in [4.78, 5) is 0. The van der Waals surface area contributed by atoms with Crippen LogP contribution in [0.4, 0.5) is 11.4 Å². The van der Waals surface area contributed by atoms with E-state index in [1.54, 1.807) is 72.8 Å². The number of hydrogen-bond acceptors (Lipinski definition) is 8. The minimum Gasteiger partial charge on any atom is -0.457 e. The van der Waals surface area contributed by atoms with Gasteiger partial charge in [-0.05, 0) is 97.1 Å². The average Bonchev–Trinajstić information content (AvgIpc) is 2.79. The van der Waals surface area contributed by atoms with Crippen LogP contribution in [-0.2, 0) is 10.4 Å². The second-order valence-corrected chi connectivity index (χ2v) is 8.01. The highest BCUT2D eigenvalue weighted by atomic mass is 32.3. The molecule has 0 aromatic heterocycles. The molecule has 0 aliphatic heterocycles. The normalized spacial score (nSPS) is 10.9. The molecule has 8 nitrogen and oxygen atoms in total. The minimum atomic E-state index is -4.35. The van der Waals surface area contributed by atoms with Crippen LogP contribution in [0.5, 0.6) is 34.5 Å². The second-order valence-electron chi connectivity index (χ2n) is 6.86. The molecule has 0 fully saturated rings. The summed E-state index contributed by atoms with van der Waals surface area (Å²) in [5.41, 5.74) is 12.5. The monoisotopic (exact) mass is 464 g/mol. The van der Waals surface area contributed by atoms with Crippen LogP contribution >= 0.6 is 0 Å². The summed E-state index contributed by atoms with van der Waals surface area (Å²) in [6, 6.07) is 25.9. The molecule has 9 heteroatoms. The lowest BCUT2D eigenvalue weighted by molar-refractivity contribution is 0.391. The topological polar surface area (TPSA) is 123 Å². The largest absolute Gasteiger partial charge is 0.500 e. The number of nitrogen functional groups attached to an aromatic ring is 2. The lowest BCUT2D eigenvalue weighted by Gasteiger charge is -2.10. The van der Waals surface area contributed by atoms with Crippen molar-refractivity contribution in [3.8, 4) is 34.5 Å². The van der Waals surface area contributed by atoms with Crippen LogP contribution in [0.1, 0.15) is 0 Å². The number of nitrogens with two attached hydrogens (primary N) is 2. The minimum absolute atomic E-state index is 0.0722. The maximum atomic E-state index is 12.3. The van der Waals surface area contributed by atoms with Crippen LogP contribution in [0.2, 0.25) is 0 Å². The number of ether oxygens (including phenoxy) is 2. The van der Waals surface area contributed by atoms with Gasteiger partial charge in [-0.15, -0.1) is 8.42 Å². The van der Waals surface area contributed by atoms with Crippen LogP contribution in [0, 0.1) is 0 Å². The van der Waals surface area contributed by atoms with Crippen LogP contribution in [-0.4, -0.2) is 8.42 Å². The summed E-state index contributed by atoms with van der Waals surface area (Å²) in [6.07, 6.45) is 0. The molecule has 0 saturated carbocycles. The number of benzene rings is 4. The highest BCUT2D eigenvalue weighted by Crippen LogP contribution is 2.27. The maximum Gasteiger partial charge on any atom is 0.500 e. The summed E-state index contributed by atoms with van der Waals surface area (Å²) in [7, 11) is -4.35. The van der Waals surface area contributed by atoms with E-state index in [-0.39, 0.29) is 11.5 Å². The molecular weight excluding hydrogens is 444 g/mol. The lowest BCUT2D eigenvalue weighted by atomic mass is 10.3. The zero-order valence-corrected chi connectivity index (χ0v) is 18.1. The van der Waals surface area contributed by atoms with Gasteiger partial charge in [0.15, 0.2) is 0 Å². The van der Waals surface area contributed by atoms with Crippen molar-refractivity contribution >= 4 is 21.8 Å². The fourth-order valence-electron chi connectivity index (χ4n) is 2.72. The Bertz CT molecular complexity index is 1210. The first-order valence-corrected chi connectivity index (χ1v) is 11.1. The molecule has 4 rings (SSSR count). The number of rotatable bonds is 8. The standard InChI is InChI=1S/C24H20N2O6S/c25-17-1-5-19(6-2-17)29-21-9-13-23(14-10-21)31-33(27,28)32-24-15-11-22(12-16-24)30-20-7-3-18(26)4-8-20/h1-16H,25-26H2. The van der Waals surface area contributed by atoms with Crippen molar-refractivity contribution in [1.29, 1.82) is 0 Å². The molecule has 0 atom stereocenters. The lowest BCUT2D eigenvalue weighted by Crippen LogP contribution is -2.16. The number of anilines is 2. The zero-order valence-electron chi connectivity index (χ0n) is 17.3. The number of hydrogen-bond donors (Lipinski definition) is 2. The molecule has 0 radical (unpaired) electrons. The van der Waals surface area contributed by atoms with E-state index in [1.807, 2.05) is 0 Å². The molecule has 0 aliphatic rings. The van der Waals surface area contributed by atoms with E-state index in [0.717, 1.165) is 0 Å². The van der Waals surface area contributed by atoms with Gasteiger partial charge in [0.2, 0.25) is 0 Å². The van der Waals surface area contributed by atoms with E-state index >= 15 is 0 Å². The van der Waals surface area contributed by atoms with Crippen molar-refractivity contribution in [2.24, 2.45) is 0 Å². The quantitative estimate of drug-likeness (QED) is 0.344. The van der Waals surface area contributed by atoms with E-state index in [4.69, 9.17) is 29.3 Å². The van der Waals surface area contributed by atoms with Crippen LogP contribution < -0.4 is 29.3 Å². The Hall–Kier alpha value is -4.37. The predicted octanol–water partition coefficient (Wildman–Crippen LogP) is 5.14. The first-order chi connectivity index (χ1) is 15.8. The van der Waals surface area contributed by atoms with E-state index in [1.165, 1.54) is 24.3 Å². The van der Waals surface area contributed by atoms with Crippen molar-refractivity contribution in [1.82, 2.24) is 0 Å². The Morgan fingerprint density at radius 1 is 0.424 bits per heavy atom. The fraction of sp³-hybridized carbons (Fsp3) is 0. The highest BCUT2D eigenvalue weighted by Gasteiger charge is 2.16. The second kappa shape index (κ2) is 9.41. The molecule has 0 saturated heterocycles. The molecular formula is C24H20N2O6S. The third kappa shape index (κ3) is 6.31. The van der Waals surface area contributed by atoms with Gasteiger partial charge in [-0.2, -0.15) is 0 Å². The molecule has 0 unspecified atom stereocenters. The molecule has 0 heterocycles. The summed E-state index contributed by atoms with van der Waals surface area (Å²) in [6.45, 7) is 0. The van der Waals surface area contributed by atoms with Crippen molar-refractivity contribution in [2.45, 2.75) is 0 Å². The van der Waals surface area contributed by atoms with E-state index < -0.39 is 10.4 Å². The Balaban J connectivity index is 1.34. The summed E-state index contributed by atoms with van der Waals surface area (Å²) in [5.74, 6) is 2.34. The third-order valence-electron chi connectivity index (χ3n) is 4.28. The van der Waals surface area contributed by atoms with Crippen LogP contribution in [0.15, 0.2) is 97.1 Å². The van der Waals surface area contributed by atoms with Crippen molar-refractivity contribution in [3.63, 3.8) is 0 Å². The van der Waals surface area contributed by atoms with E-state index in [2.05, 4.69) is 0 Å². The Morgan fingerprint density at radius 2 is 0.667 bits per heavy atom. The van der Waals surface area contributed by atoms with Crippen LogP contribution in [0.25, 0.3) is 0 Å².